The molecule has 0 aliphatic heterocycles. The molecule has 1 heterocycles. The molecule has 0 spiro atoms. The van der Waals surface area contributed by atoms with E-state index in [2.05, 4.69) is 9.88 Å². The smallest absolute Gasteiger partial charge is 0.370 e. The summed E-state index contributed by atoms with van der Waals surface area (Å²) in [7, 11) is 0. The third-order valence-corrected chi connectivity index (χ3v) is 7.26. The normalized spacial score (nSPS) is 15.8. The standard InChI is InChI=1S/C29H28F6N4/c1-18-2-7-26-25(8-18)27(39(14-19-3-4-19)15-20-5-6-20)22(12-37-26)16-38(17-36)13-21-9-23(28(30,31)32)11-24(10-21)29(33,34)35/h2,7-12,19-20H,3-6,13-16H2,1H3. The van der Waals surface area contributed by atoms with Crippen LogP contribution in [-0.2, 0) is 25.4 Å². The van der Waals surface area contributed by atoms with Gasteiger partial charge < -0.3 is 9.80 Å². The minimum atomic E-state index is -4.95. The van der Waals surface area contributed by atoms with Crippen molar-refractivity contribution in [3.8, 4) is 6.19 Å². The molecule has 5 rings (SSSR count). The van der Waals surface area contributed by atoms with Crippen LogP contribution in [0.2, 0.25) is 0 Å². The topological polar surface area (TPSA) is 43.2 Å². The molecule has 10 heteroatoms. The van der Waals surface area contributed by atoms with E-state index in [1.165, 1.54) is 4.90 Å². The Bertz CT molecular complexity index is 1350. The van der Waals surface area contributed by atoms with Crippen LogP contribution in [0.4, 0.5) is 32.0 Å². The predicted octanol–water partition coefficient (Wildman–Crippen LogP) is 7.69. The first kappa shape index (κ1) is 27.1. The third kappa shape index (κ3) is 6.57. The second-order valence-corrected chi connectivity index (χ2v) is 10.8. The SMILES string of the molecule is Cc1ccc2ncc(CN(C#N)Cc3cc(C(F)(F)F)cc(C(F)(F)F)c3)c(N(CC3CC3)CC3CC3)c2c1. The van der Waals surface area contributed by atoms with E-state index in [1.807, 2.05) is 31.3 Å². The third-order valence-electron chi connectivity index (χ3n) is 7.26. The molecule has 1 aromatic heterocycles. The number of nitriles is 1. The van der Waals surface area contributed by atoms with Crippen LogP contribution in [0.1, 0.15) is 53.5 Å². The highest BCUT2D eigenvalue weighted by molar-refractivity contribution is 5.94. The van der Waals surface area contributed by atoms with Gasteiger partial charge in [0.2, 0.25) is 0 Å². The van der Waals surface area contributed by atoms with Crippen LogP contribution in [0.15, 0.2) is 42.6 Å². The average Bonchev–Trinajstić information content (AvgIpc) is 3.79. The highest BCUT2D eigenvalue weighted by Crippen LogP contribution is 2.40. The fraction of sp³-hybridized carbons (Fsp3) is 0.448. The minimum absolute atomic E-state index is 0.00610. The quantitative estimate of drug-likeness (QED) is 0.157. The first-order valence-electron chi connectivity index (χ1n) is 13.0. The summed E-state index contributed by atoms with van der Waals surface area (Å²) in [6.45, 7) is 3.32. The van der Waals surface area contributed by atoms with Crippen molar-refractivity contribution in [1.82, 2.24) is 9.88 Å². The number of fused-ring (bicyclic) bond motifs is 1. The van der Waals surface area contributed by atoms with Gasteiger partial charge in [-0.05, 0) is 80.3 Å². The van der Waals surface area contributed by atoms with E-state index in [-0.39, 0.29) is 18.2 Å². The molecule has 2 saturated carbocycles. The van der Waals surface area contributed by atoms with Gasteiger partial charge in [0.25, 0.3) is 0 Å². The first-order chi connectivity index (χ1) is 18.4. The van der Waals surface area contributed by atoms with Crippen molar-refractivity contribution in [3.63, 3.8) is 0 Å². The predicted molar refractivity (Wildman–Crippen MR) is 135 cm³/mol. The molecule has 0 unspecified atom stereocenters. The van der Waals surface area contributed by atoms with Gasteiger partial charge in [-0.1, -0.05) is 11.6 Å². The zero-order chi connectivity index (χ0) is 27.9. The second-order valence-electron chi connectivity index (χ2n) is 10.8. The van der Waals surface area contributed by atoms with Crippen LogP contribution < -0.4 is 4.90 Å². The molecule has 2 fully saturated rings. The van der Waals surface area contributed by atoms with E-state index in [0.29, 0.717) is 24.0 Å². The Labute approximate surface area is 222 Å². The summed E-state index contributed by atoms with van der Waals surface area (Å²) in [5.41, 5.74) is 0.482. The summed E-state index contributed by atoms with van der Waals surface area (Å²) in [5.74, 6) is 1.17. The minimum Gasteiger partial charge on any atom is -0.370 e. The first-order valence-corrected chi connectivity index (χ1v) is 13.0. The Hall–Kier alpha value is -3.48. The number of alkyl halides is 6. The molecule has 0 amide bonds. The Morgan fingerprint density at radius 3 is 1.97 bits per heavy atom. The van der Waals surface area contributed by atoms with E-state index in [0.717, 1.165) is 66.5 Å². The van der Waals surface area contributed by atoms with Crippen molar-refractivity contribution in [2.75, 3.05) is 18.0 Å². The van der Waals surface area contributed by atoms with Gasteiger partial charge in [0, 0.05) is 30.2 Å². The van der Waals surface area contributed by atoms with Gasteiger partial charge in [-0.15, -0.1) is 0 Å². The Balaban J connectivity index is 1.51. The van der Waals surface area contributed by atoms with Crippen molar-refractivity contribution in [3.05, 3.63) is 70.4 Å². The molecule has 2 aromatic carbocycles. The number of aromatic nitrogens is 1. The number of hydrogen-bond acceptors (Lipinski definition) is 4. The fourth-order valence-electron chi connectivity index (χ4n) is 4.97. The number of halogens is 6. The molecule has 4 nitrogen and oxygen atoms in total. The van der Waals surface area contributed by atoms with E-state index < -0.39 is 30.0 Å². The second kappa shape index (κ2) is 10.2. The monoisotopic (exact) mass is 546 g/mol. The lowest BCUT2D eigenvalue weighted by Gasteiger charge is -2.30. The molecule has 0 radical (unpaired) electrons. The van der Waals surface area contributed by atoms with Gasteiger partial charge in [0.1, 0.15) is 0 Å². The summed E-state index contributed by atoms with van der Waals surface area (Å²) in [4.78, 5) is 8.12. The zero-order valence-corrected chi connectivity index (χ0v) is 21.4. The number of anilines is 1. The molecule has 206 valence electrons. The molecule has 2 aliphatic carbocycles. The number of rotatable bonds is 9. The molecular formula is C29H28F6N4. The van der Waals surface area contributed by atoms with Crippen LogP contribution in [0, 0.1) is 30.2 Å². The Morgan fingerprint density at radius 2 is 1.46 bits per heavy atom. The number of hydrogen-bond donors (Lipinski definition) is 0. The number of aryl methyl sites for hydroxylation is 1. The van der Waals surface area contributed by atoms with E-state index in [1.54, 1.807) is 6.20 Å². The Morgan fingerprint density at radius 1 is 0.872 bits per heavy atom. The largest absolute Gasteiger partial charge is 0.416 e. The summed E-state index contributed by atoms with van der Waals surface area (Å²) < 4.78 is 80.3. The lowest BCUT2D eigenvalue weighted by Crippen LogP contribution is -2.30. The molecule has 0 saturated heterocycles. The molecule has 0 atom stereocenters. The molecular weight excluding hydrogens is 518 g/mol. The van der Waals surface area contributed by atoms with Gasteiger partial charge in [0.05, 0.1) is 35.4 Å². The van der Waals surface area contributed by atoms with Crippen LogP contribution >= 0.6 is 0 Å². The maximum atomic E-state index is 13.4. The van der Waals surface area contributed by atoms with Crippen molar-refractivity contribution >= 4 is 16.6 Å². The lowest BCUT2D eigenvalue weighted by atomic mass is 10.0. The highest BCUT2D eigenvalue weighted by Gasteiger charge is 2.37. The maximum absolute atomic E-state index is 13.4. The number of nitrogens with zero attached hydrogens (tertiary/aromatic N) is 4. The van der Waals surface area contributed by atoms with Crippen molar-refractivity contribution < 1.29 is 26.3 Å². The van der Waals surface area contributed by atoms with Crippen molar-refractivity contribution in [2.24, 2.45) is 11.8 Å². The molecule has 0 bridgehead atoms. The number of pyridine rings is 1. The van der Waals surface area contributed by atoms with Gasteiger partial charge in [-0.3, -0.25) is 4.98 Å². The lowest BCUT2D eigenvalue weighted by molar-refractivity contribution is -0.143. The summed E-state index contributed by atoms with van der Waals surface area (Å²) in [6.07, 6.45) is -1.64. The van der Waals surface area contributed by atoms with Gasteiger partial charge >= 0.3 is 12.4 Å². The summed E-state index contributed by atoms with van der Waals surface area (Å²) >= 11 is 0. The van der Waals surface area contributed by atoms with Gasteiger partial charge in [-0.25, -0.2) is 0 Å². The van der Waals surface area contributed by atoms with Crippen LogP contribution in [0.5, 0.6) is 0 Å². The van der Waals surface area contributed by atoms with Crippen LogP contribution in [-0.4, -0.2) is 23.0 Å². The zero-order valence-electron chi connectivity index (χ0n) is 21.4. The molecule has 3 aromatic rings. The van der Waals surface area contributed by atoms with Crippen LogP contribution in [0.25, 0.3) is 10.9 Å². The fourth-order valence-corrected chi connectivity index (χ4v) is 4.97. The molecule has 2 aliphatic rings. The van der Waals surface area contributed by atoms with E-state index in [9.17, 15) is 31.6 Å². The van der Waals surface area contributed by atoms with Crippen molar-refractivity contribution in [2.45, 2.75) is 58.0 Å². The average molecular weight is 547 g/mol. The molecule has 39 heavy (non-hydrogen) atoms. The molecule has 0 N–H and O–H groups in total. The Kier molecular flexibility index (Phi) is 7.12. The van der Waals surface area contributed by atoms with Gasteiger partial charge in [-0.2, -0.15) is 31.6 Å². The van der Waals surface area contributed by atoms with E-state index >= 15 is 0 Å². The maximum Gasteiger partial charge on any atom is 0.416 e. The van der Waals surface area contributed by atoms with Crippen LogP contribution in [0.3, 0.4) is 0 Å². The highest BCUT2D eigenvalue weighted by atomic mass is 19.4. The summed E-state index contributed by atoms with van der Waals surface area (Å²) in [5, 5.41) is 10.8. The number of benzene rings is 2. The van der Waals surface area contributed by atoms with Gasteiger partial charge in [0.15, 0.2) is 6.19 Å². The van der Waals surface area contributed by atoms with E-state index in [4.69, 9.17) is 0 Å². The van der Waals surface area contributed by atoms with Crippen molar-refractivity contribution in [1.29, 1.82) is 5.26 Å². The summed E-state index contributed by atoms with van der Waals surface area (Å²) in [6, 6.07) is 7.41.